The van der Waals surface area contributed by atoms with Gasteiger partial charge in [0.25, 0.3) is 0 Å². The summed E-state index contributed by atoms with van der Waals surface area (Å²) in [7, 11) is 0. The van der Waals surface area contributed by atoms with Gasteiger partial charge >= 0.3 is 11.9 Å². The molecule has 1 aliphatic heterocycles. The lowest BCUT2D eigenvalue weighted by Crippen LogP contribution is -2.47. The van der Waals surface area contributed by atoms with Gasteiger partial charge in [-0.05, 0) is 48.3 Å². The van der Waals surface area contributed by atoms with Crippen molar-refractivity contribution in [1.82, 2.24) is 9.80 Å². The number of rotatable bonds is 4. The Morgan fingerprint density at radius 2 is 1.68 bits per heavy atom. The number of hydrogen-bond donors (Lipinski definition) is 2. The van der Waals surface area contributed by atoms with E-state index in [1.807, 2.05) is 6.07 Å². The highest BCUT2D eigenvalue weighted by molar-refractivity contribution is 6.30. The third-order valence-electron chi connectivity index (χ3n) is 5.85. The summed E-state index contributed by atoms with van der Waals surface area (Å²) < 4.78 is 0. The number of aliphatic carboxylic acids is 2. The Hall–Kier alpha value is -1.89. The van der Waals surface area contributed by atoms with Gasteiger partial charge in [0.1, 0.15) is 0 Å². The van der Waals surface area contributed by atoms with Crippen LogP contribution < -0.4 is 0 Å². The number of nitrogens with zero attached hydrogens (tertiary/aromatic N) is 2. The maximum absolute atomic E-state index is 9.10. The Morgan fingerprint density at radius 1 is 1.00 bits per heavy atom. The highest BCUT2D eigenvalue weighted by atomic mass is 35.5. The lowest BCUT2D eigenvalue weighted by molar-refractivity contribution is -0.159. The second-order valence-corrected chi connectivity index (χ2v) is 8.29. The molecule has 1 saturated carbocycles. The van der Waals surface area contributed by atoms with Crippen LogP contribution in [0.2, 0.25) is 5.02 Å². The molecule has 1 aromatic rings. The van der Waals surface area contributed by atoms with Crippen molar-refractivity contribution >= 4 is 23.5 Å². The Morgan fingerprint density at radius 3 is 2.21 bits per heavy atom. The molecule has 0 radical (unpaired) electrons. The number of carbonyl (C=O) groups is 2. The normalized spacial score (nSPS) is 26.7. The van der Waals surface area contributed by atoms with E-state index in [9.17, 15) is 0 Å². The second-order valence-electron chi connectivity index (χ2n) is 7.86. The predicted octanol–water partition coefficient (Wildman–Crippen LogP) is 2.83. The molecule has 3 unspecified atom stereocenters. The number of carboxylic acids is 2. The highest BCUT2D eigenvalue weighted by Gasteiger charge is 2.36. The summed E-state index contributed by atoms with van der Waals surface area (Å²) in [5.41, 5.74) is 1.33. The summed E-state index contributed by atoms with van der Waals surface area (Å²) in [6.45, 7) is 7.16. The molecule has 152 valence electrons. The van der Waals surface area contributed by atoms with E-state index in [0.29, 0.717) is 0 Å². The summed E-state index contributed by atoms with van der Waals surface area (Å²) >= 11 is 6.08. The average Bonchev–Trinajstić information content (AvgIpc) is 3.27. The van der Waals surface area contributed by atoms with Crippen LogP contribution in [0.1, 0.15) is 18.4 Å². The Labute approximate surface area is 170 Å². The van der Waals surface area contributed by atoms with Gasteiger partial charge in [0.05, 0.1) is 0 Å². The Balaban J connectivity index is 0.000000330. The molecule has 2 aliphatic carbocycles. The van der Waals surface area contributed by atoms with Crippen molar-refractivity contribution in [1.29, 1.82) is 0 Å². The molecule has 0 amide bonds. The number of allylic oxidation sites excluding steroid dienone is 2. The first-order valence-electron chi connectivity index (χ1n) is 9.74. The van der Waals surface area contributed by atoms with Crippen LogP contribution in [0.15, 0.2) is 36.4 Å². The first kappa shape index (κ1) is 20.8. The van der Waals surface area contributed by atoms with Crippen LogP contribution in [0.3, 0.4) is 0 Å². The fourth-order valence-electron chi connectivity index (χ4n) is 4.46. The van der Waals surface area contributed by atoms with Gasteiger partial charge in [-0.1, -0.05) is 35.9 Å². The number of halogens is 1. The molecule has 0 aromatic heterocycles. The summed E-state index contributed by atoms with van der Waals surface area (Å²) in [6.07, 6.45) is 7.79. The zero-order valence-corrected chi connectivity index (χ0v) is 16.6. The fourth-order valence-corrected chi connectivity index (χ4v) is 4.67. The molecular formula is C21H27ClN2O4. The first-order chi connectivity index (χ1) is 13.4. The molecular weight excluding hydrogens is 380 g/mol. The first-order valence-corrected chi connectivity index (χ1v) is 10.1. The zero-order chi connectivity index (χ0) is 20.1. The molecule has 3 aliphatic rings. The Kier molecular flexibility index (Phi) is 7.10. The molecule has 28 heavy (non-hydrogen) atoms. The van der Waals surface area contributed by atoms with E-state index in [1.165, 1.54) is 51.1 Å². The molecule has 3 atom stereocenters. The summed E-state index contributed by atoms with van der Waals surface area (Å²) in [5, 5.41) is 15.6. The van der Waals surface area contributed by atoms with Crippen LogP contribution in [-0.2, 0) is 16.1 Å². The van der Waals surface area contributed by atoms with Gasteiger partial charge in [-0.25, -0.2) is 9.59 Å². The molecule has 1 aromatic carbocycles. The lowest BCUT2D eigenvalue weighted by Gasteiger charge is -2.37. The van der Waals surface area contributed by atoms with E-state index < -0.39 is 11.9 Å². The van der Waals surface area contributed by atoms with E-state index in [0.717, 1.165) is 29.3 Å². The predicted molar refractivity (Wildman–Crippen MR) is 107 cm³/mol. The molecule has 1 saturated heterocycles. The largest absolute Gasteiger partial charge is 0.473 e. The van der Waals surface area contributed by atoms with Crippen molar-refractivity contribution in [3.05, 3.63) is 47.0 Å². The molecule has 7 heteroatoms. The maximum Gasteiger partial charge on any atom is 0.414 e. The van der Waals surface area contributed by atoms with Gasteiger partial charge in [-0.2, -0.15) is 0 Å². The van der Waals surface area contributed by atoms with Crippen molar-refractivity contribution in [3.8, 4) is 0 Å². The van der Waals surface area contributed by atoms with E-state index in [1.54, 1.807) is 0 Å². The van der Waals surface area contributed by atoms with E-state index in [-0.39, 0.29) is 0 Å². The molecule has 0 spiro atoms. The van der Waals surface area contributed by atoms with Crippen molar-refractivity contribution in [2.24, 2.45) is 17.8 Å². The molecule has 2 bridgehead atoms. The van der Waals surface area contributed by atoms with Crippen molar-refractivity contribution < 1.29 is 19.8 Å². The fraction of sp³-hybridized carbons (Fsp3) is 0.524. The van der Waals surface area contributed by atoms with Gasteiger partial charge in [-0.3, -0.25) is 4.90 Å². The van der Waals surface area contributed by atoms with Crippen LogP contribution in [0.5, 0.6) is 0 Å². The lowest BCUT2D eigenvalue weighted by atomic mass is 9.93. The number of hydrogen-bond acceptors (Lipinski definition) is 4. The minimum absolute atomic E-state index is 0.848. The average molecular weight is 407 g/mol. The van der Waals surface area contributed by atoms with E-state index in [4.69, 9.17) is 31.4 Å². The SMILES string of the molecule is Clc1cccc(CN2CCN(CC3CC4C=CC3C4)CC2)c1.O=C(O)C(=O)O. The van der Waals surface area contributed by atoms with Crippen LogP contribution in [0.25, 0.3) is 0 Å². The van der Waals surface area contributed by atoms with E-state index >= 15 is 0 Å². The van der Waals surface area contributed by atoms with Gasteiger partial charge in [0.15, 0.2) is 0 Å². The van der Waals surface area contributed by atoms with Crippen LogP contribution in [0, 0.1) is 17.8 Å². The quantitative estimate of drug-likeness (QED) is 0.591. The second kappa shape index (κ2) is 9.54. The minimum atomic E-state index is -1.82. The van der Waals surface area contributed by atoms with Gasteiger partial charge in [0.2, 0.25) is 0 Å². The summed E-state index contributed by atoms with van der Waals surface area (Å²) in [6, 6.07) is 8.28. The topological polar surface area (TPSA) is 81.1 Å². The van der Waals surface area contributed by atoms with Crippen molar-refractivity contribution in [3.63, 3.8) is 0 Å². The molecule has 2 fully saturated rings. The number of carboxylic acid groups (broad SMARTS) is 2. The monoisotopic (exact) mass is 406 g/mol. The van der Waals surface area contributed by atoms with E-state index in [2.05, 4.69) is 40.2 Å². The van der Waals surface area contributed by atoms with Gasteiger partial charge in [-0.15, -0.1) is 0 Å². The maximum atomic E-state index is 9.10. The summed E-state index contributed by atoms with van der Waals surface area (Å²) in [4.78, 5) is 23.4. The molecule has 6 nitrogen and oxygen atoms in total. The number of benzene rings is 1. The number of fused-ring (bicyclic) bond motifs is 2. The molecule has 4 rings (SSSR count). The standard InChI is InChI=1S/C19H25ClN2.C2H2O4/c20-19-3-1-2-16(12-19)13-21-6-8-22(9-7-21)14-18-11-15-4-5-17(18)10-15;3-1(4)2(5)6/h1-5,12,15,17-18H,6-11,13-14H2;(H,3,4)(H,5,6). The van der Waals surface area contributed by atoms with Crippen LogP contribution in [-0.4, -0.2) is 64.7 Å². The third kappa shape index (κ3) is 5.80. The van der Waals surface area contributed by atoms with Crippen LogP contribution in [0.4, 0.5) is 0 Å². The van der Waals surface area contributed by atoms with Gasteiger partial charge in [0, 0.05) is 44.3 Å². The smallest absolute Gasteiger partial charge is 0.414 e. The summed E-state index contributed by atoms with van der Waals surface area (Å²) in [5.74, 6) is -0.937. The van der Waals surface area contributed by atoms with Crippen LogP contribution >= 0.6 is 11.6 Å². The Bertz CT molecular complexity index is 719. The van der Waals surface area contributed by atoms with Crippen molar-refractivity contribution in [2.75, 3.05) is 32.7 Å². The minimum Gasteiger partial charge on any atom is -0.473 e. The third-order valence-corrected chi connectivity index (χ3v) is 6.09. The number of piperazine rings is 1. The molecule has 1 heterocycles. The zero-order valence-electron chi connectivity index (χ0n) is 15.8. The highest BCUT2D eigenvalue weighted by Crippen LogP contribution is 2.43. The van der Waals surface area contributed by atoms with Crippen molar-refractivity contribution in [2.45, 2.75) is 19.4 Å². The molecule has 2 N–H and O–H groups in total. The van der Waals surface area contributed by atoms with Gasteiger partial charge < -0.3 is 15.1 Å².